The van der Waals surface area contributed by atoms with Crippen LogP contribution in [0.1, 0.15) is 16.7 Å². The average molecular weight is 224 g/mol. The molecule has 1 aromatic carbocycles. The third-order valence-corrected chi connectivity index (χ3v) is 3.06. The third kappa shape index (κ3) is 2.16. The molecule has 0 bridgehead atoms. The van der Waals surface area contributed by atoms with Crippen LogP contribution in [0.3, 0.4) is 0 Å². The van der Waals surface area contributed by atoms with E-state index < -0.39 is 10.1 Å². The minimum absolute atomic E-state index is 0.141. The SMILES string of the molecule is C=Cc1c(C)ccc(S(=O)(=O)O)c1C=C. The second-order valence-corrected chi connectivity index (χ2v) is 4.48. The molecule has 0 aliphatic carbocycles. The lowest BCUT2D eigenvalue weighted by Crippen LogP contribution is -2.03. The van der Waals surface area contributed by atoms with Crippen molar-refractivity contribution < 1.29 is 13.0 Å². The minimum atomic E-state index is -4.21. The smallest absolute Gasteiger partial charge is 0.282 e. The summed E-state index contributed by atoms with van der Waals surface area (Å²) in [7, 11) is -4.21. The van der Waals surface area contributed by atoms with Gasteiger partial charge in [-0.3, -0.25) is 4.55 Å². The predicted octanol–water partition coefficient (Wildman–Crippen LogP) is 2.53. The number of aryl methyl sites for hydroxylation is 1. The van der Waals surface area contributed by atoms with Gasteiger partial charge in [0.05, 0.1) is 0 Å². The molecular weight excluding hydrogens is 212 g/mol. The molecule has 0 amide bonds. The van der Waals surface area contributed by atoms with E-state index >= 15 is 0 Å². The van der Waals surface area contributed by atoms with Crippen LogP contribution in [0.5, 0.6) is 0 Å². The van der Waals surface area contributed by atoms with Crippen molar-refractivity contribution in [2.75, 3.05) is 0 Å². The highest BCUT2D eigenvalue weighted by atomic mass is 32.2. The van der Waals surface area contributed by atoms with Gasteiger partial charge in [0, 0.05) is 5.56 Å². The molecule has 15 heavy (non-hydrogen) atoms. The zero-order chi connectivity index (χ0) is 11.6. The molecule has 0 heterocycles. The second-order valence-electron chi connectivity index (χ2n) is 3.09. The number of benzene rings is 1. The number of hydrogen-bond acceptors (Lipinski definition) is 2. The molecule has 0 spiro atoms. The van der Waals surface area contributed by atoms with Crippen LogP contribution in [0, 0.1) is 6.92 Å². The van der Waals surface area contributed by atoms with Crippen LogP contribution in [0.4, 0.5) is 0 Å². The lowest BCUT2D eigenvalue weighted by molar-refractivity contribution is 0.483. The van der Waals surface area contributed by atoms with Crippen molar-refractivity contribution in [3.8, 4) is 0 Å². The summed E-state index contributed by atoms with van der Waals surface area (Å²) in [6.45, 7) is 8.96. The monoisotopic (exact) mass is 224 g/mol. The van der Waals surface area contributed by atoms with E-state index in [0.717, 1.165) is 5.56 Å². The maximum Gasteiger partial charge on any atom is 0.295 e. The first kappa shape index (κ1) is 11.7. The van der Waals surface area contributed by atoms with Crippen molar-refractivity contribution in [1.82, 2.24) is 0 Å². The molecule has 0 aromatic heterocycles. The number of rotatable bonds is 3. The zero-order valence-electron chi connectivity index (χ0n) is 8.40. The summed E-state index contributed by atoms with van der Waals surface area (Å²) < 4.78 is 31.1. The van der Waals surface area contributed by atoms with E-state index in [-0.39, 0.29) is 4.90 Å². The van der Waals surface area contributed by atoms with Gasteiger partial charge in [-0.05, 0) is 24.1 Å². The van der Waals surface area contributed by atoms with Gasteiger partial charge >= 0.3 is 0 Å². The molecule has 0 unspecified atom stereocenters. The summed E-state index contributed by atoms with van der Waals surface area (Å²) in [6.07, 6.45) is 2.94. The predicted molar refractivity (Wildman–Crippen MR) is 61.2 cm³/mol. The molecule has 1 rings (SSSR count). The fraction of sp³-hybridized carbons (Fsp3) is 0.0909. The topological polar surface area (TPSA) is 54.4 Å². The van der Waals surface area contributed by atoms with Gasteiger partial charge in [-0.2, -0.15) is 8.42 Å². The van der Waals surface area contributed by atoms with Crippen LogP contribution in [0.2, 0.25) is 0 Å². The Kier molecular flexibility index (Phi) is 3.12. The molecule has 0 saturated carbocycles. The molecule has 0 atom stereocenters. The van der Waals surface area contributed by atoms with Crippen LogP contribution in [-0.2, 0) is 10.1 Å². The van der Waals surface area contributed by atoms with E-state index in [1.165, 1.54) is 12.1 Å². The largest absolute Gasteiger partial charge is 0.295 e. The van der Waals surface area contributed by atoms with E-state index in [1.807, 2.05) is 6.92 Å². The molecule has 0 radical (unpaired) electrons. The summed E-state index contributed by atoms with van der Waals surface area (Å²) >= 11 is 0. The highest BCUT2D eigenvalue weighted by molar-refractivity contribution is 7.85. The van der Waals surface area contributed by atoms with Gasteiger partial charge in [0.15, 0.2) is 0 Å². The van der Waals surface area contributed by atoms with Crippen molar-refractivity contribution >= 4 is 22.3 Å². The Morgan fingerprint density at radius 1 is 1.20 bits per heavy atom. The Labute approximate surface area is 89.5 Å². The average Bonchev–Trinajstić information content (AvgIpc) is 2.15. The second kappa shape index (κ2) is 4.00. The van der Waals surface area contributed by atoms with Crippen molar-refractivity contribution in [3.05, 3.63) is 42.0 Å². The van der Waals surface area contributed by atoms with E-state index in [1.54, 1.807) is 12.1 Å². The van der Waals surface area contributed by atoms with Crippen molar-refractivity contribution in [2.45, 2.75) is 11.8 Å². The Morgan fingerprint density at radius 3 is 2.13 bits per heavy atom. The van der Waals surface area contributed by atoms with Gasteiger partial charge in [-0.1, -0.05) is 31.4 Å². The molecule has 0 aliphatic rings. The third-order valence-electron chi connectivity index (χ3n) is 2.15. The van der Waals surface area contributed by atoms with Gasteiger partial charge in [-0.25, -0.2) is 0 Å². The summed E-state index contributed by atoms with van der Waals surface area (Å²) in [5, 5.41) is 0. The van der Waals surface area contributed by atoms with Gasteiger partial charge in [0.2, 0.25) is 0 Å². The van der Waals surface area contributed by atoms with Gasteiger partial charge in [-0.15, -0.1) is 0 Å². The summed E-state index contributed by atoms with van der Waals surface area (Å²) in [6, 6.07) is 2.97. The van der Waals surface area contributed by atoms with E-state index in [0.29, 0.717) is 11.1 Å². The maximum atomic E-state index is 11.1. The molecule has 0 saturated heterocycles. The first-order valence-electron chi connectivity index (χ1n) is 4.27. The Hall–Kier alpha value is -1.39. The van der Waals surface area contributed by atoms with Crippen LogP contribution in [-0.4, -0.2) is 13.0 Å². The number of hydrogen-bond donors (Lipinski definition) is 1. The van der Waals surface area contributed by atoms with Gasteiger partial charge in [0.1, 0.15) is 4.90 Å². The first-order valence-corrected chi connectivity index (χ1v) is 5.71. The first-order chi connectivity index (χ1) is 6.91. The fourth-order valence-corrected chi connectivity index (χ4v) is 2.14. The van der Waals surface area contributed by atoms with Crippen LogP contribution < -0.4 is 0 Å². The lowest BCUT2D eigenvalue weighted by atomic mass is 10.0. The van der Waals surface area contributed by atoms with Gasteiger partial charge in [0.25, 0.3) is 10.1 Å². The molecule has 0 aliphatic heterocycles. The molecular formula is C11H12O3S. The van der Waals surface area contributed by atoms with E-state index in [9.17, 15) is 8.42 Å². The summed E-state index contributed by atoms with van der Waals surface area (Å²) in [5.74, 6) is 0. The minimum Gasteiger partial charge on any atom is -0.282 e. The van der Waals surface area contributed by atoms with Crippen molar-refractivity contribution in [1.29, 1.82) is 0 Å². The zero-order valence-corrected chi connectivity index (χ0v) is 9.21. The normalized spacial score (nSPS) is 11.1. The van der Waals surface area contributed by atoms with E-state index in [4.69, 9.17) is 4.55 Å². The quantitative estimate of drug-likeness (QED) is 0.803. The molecule has 0 fully saturated rings. The van der Waals surface area contributed by atoms with Crippen LogP contribution in [0.25, 0.3) is 12.2 Å². The molecule has 4 heteroatoms. The Morgan fingerprint density at radius 2 is 1.73 bits per heavy atom. The van der Waals surface area contributed by atoms with Crippen molar-refractivity contribution in [2.24, 2.45) is 0 Å². The Balaban J connectivity index is 3.71. The van der Waals surface area contributed by atoms with Crippen LogP contribution in [0.15, 0.2) is 30.2 Å². The highest BCUT2D eigenvalue weighted by Gasteiger charge is 2.16. The lowest BCUT2D eigenvalue weighted by Gasteiger charge is -2.09. The molecule has 1 aromatic rings. The summed E-state index contributed by atoms with van der Waals surface area (Å²) in [5.41, 5.74) is 1.93. The fourth-order valence-electron chi connectivity index (χ4n) is 1.43. The van der Waals surface area contributed by atoms with Crippen molar-refractivity contribution in [3.63, 3.8) is 0 Å². The molecule has 1 N–H and O–H groups in total. The summed E-state index contributed by atoms with van der Waals surface area (Å²) in [4.78, 5) is -0.141. The highest BCUT2D eigenvalue weighted by Crippen LogP contribution is 2.24. The van der Waals surface area contributed by atoms with Gasteiger partial charge < -0.3 is 0 Å². The van der Waals surface area contributed by atoms with E-state index in [2.05, 4.69) is 13.2 Å². The van der Waals surface area contributed by atoms with Crippen LogP contribution >= 0.6 is 0 Å². The molecule has 80 valence electrons. The molecule has 3 nitrogen and oxygen atoms in total. The maximum absolute atomic E-state index is 11.1. The Bertz CT molecular complexity index is 513. The standard InChI is InChI=1S/C11H12O3S/c1-4-9-8(3)6-7-11(10(9)5-2)15(12,13)14/h4-7H,1-2H2,3H3,(H,12,13,14).